The van der Waals surface area contributed by atoms with Crippen molar-refractivity contribution in [1.82, 2.24) is 15.2 Å². The van der Waals surface area contributed by atoms with Crippen LogP contribution in [0.5, 0.6) is 0 Å². The number of aromatic nitrogens is 1. The number of hydrogen-bond acceptors (Lipinski definition) is 3. The lowest BCUT2D eigenvalue weighted by Gasteiger charge is -2.53. The quantitative estimate of drug-likeness (QED) is 0.847. The SMILES string of the molecule is CC1(C)CNCC(C)(C)N1Cc1ccncc1. The highest BCUT2D eigenvalue weighted by Crippen LogP contribution is 2.30. The molecule has 0 spiro atoms. The Labute approximate surface area is 104 Å². The summed E-state index contributed by atoms with van der Waals surface area (Å²) in [5.74, 6) is 0. The minimum Gasteiger partial charge on any atom is -0.313 e. The Bertz CT molecular complexity index is 354. The van der Waals surface area contributed by atoms with Gasteiger partial charge in [0.1, 0.15) is 0 Å². The summed E-state index contributed by atoms with van der Waals surface area (Å²) < 4.78 is 0. The summed E-state index contributed by atoms with van der Waals surface area (Å²) in [6, 6.07) is 4.21. The minimum absolute atomic E-state index is 0.186. The predicted octanol–water partition coefficient (Wildman–Crippen LogP) is 2.04. The topological polar surface area (TPSA) is 28.2 Å². The molecular formula is C14H23N3. The van der Waals surface area contributed by atoms with Crippen LogP contribution in [0.1, 0.15) is 33.3 Å². The van der Waals surface area contributed by atoms with E-state index in [-0.39, 0.29) is 11.1 Å². The lowest BCUT2D eigenvalue weighted by atomic mass is 9.88. The van der Waals surface area contributed by atoms with Crippen LogP contribution in [0, 0.1) is 0 Å². The molecule has 1 N–H and O–H groups in total. The van der Waals surface area contributed by atoms with Gasteiger partial charge in [0.15, 0.2) is 0 Å². The van der Waals surface area contributed by atoms with Crippen molar-refractivity contribution in [3.05, 3.63) is 30.1 Å². The number of hydrogen-bond donors (Lipinski definition) is 1. The van der Waals surface area contributed by atoms with Crippen LogP contribution in [-0.4, -0.2) is 34.1 Å². The Balaban J connectivity index is 2.21. The normalized spacial score (nSPS) is 23.5. The molecule has 94 valence electrons. The van der Waals surface area contributed by atoms with Gasteiger partial charge >= 0.3 is 0 Å². The predicted molar refractivity (Wildman–Crippen MR) is 70.8 cm³/mol. The average molecular weight is 233 g/mol. The molecule has 0 aromatic carbocycles. The van der Waals surface area contributed by atoms with Crippen molar-refractivity contribution >= 4 is 0 Å². The van der Waals surface area contributed by atoms with Gasteiger partial charge in [-0.05, 0) is 45.4 Å². The zero-order chi connectivity index (χ0) is 12.5. The van der Waals surface area contributed by atoms with Crippen LogP contribution >= 0.6 is 0 Å². The maximum atomic E-state index is 4.08. The van der Waals surface area contributed by atoms with Crippen molar-refractivity contribution < 1.29 is 0 Å². The third kappa shape index (κ3) is 2.67. The van der Waals surface area contributed by atoms with Crippen LogP contribution < -0.4 is 5.32 Å². The number of piperazine rings is 1. The van der Waals surface area contributed by atoms with E-state index in [0.29, 0.717) is 0 Å². The first-order valence-corrected chi connectivity index (χ1v) is 6.29. The Morgan fingerprint density at radius 1 is 1.12 bits per heavy atom. The molecule has 0 atom stereocenters. The molecule has 3 heteroatoms. The lowest BCUT2D eigenvalue weighted by molar-refractivity contribution is -0.0205. The van der Waals surface area contributed by atoms with E-state index in [4.69, 9.17) is 0 Å². The van der Waals surface area contributed by atoms with Gasteiger partial charge in [-0.15, -0.1) is 0 Å². The summed E-state index contributed by atoms with van der Waals surface area (Å²) in [5, 5.41) is 3.53. The molecule has 0 saturated carbocycles. The highest BCUT2D eigenvalue weighted by molar-refractivity contribution is 5.12. The fourth-order valence-corrected chi connectivity index (χ4v) is 2.78. The second kappa shape index (κ2) is 4.39. The molecule has 1 aromatic rings. The van der Waals surface area contributed by atoms with Crippen molar-refractivity contribution in [2.45, 2.75) is 45.3 Å². The Morgan fingerprint density at radius 2 is 1.65 bits per heavy atom. The zero-order valence-electron chi connectivity index (χ0n) is 11.3. The monoisotopic (exact) mass is 233 g/mol. The summed E-state index contributed by atoms with van der Waals surface area (Å²) >= 11 is 0. The van der Waals surface area contributed by atoms with E-state index in [0.717, 1.165) is 19.6 Å². The molecular weight excluding hydrogens is 210 g/mol. The molecule has 1 saturated heterocycles. The fourth-order valence-electron chi connectivity index (χ4n) is 2.78. The smallest absolute Gasteiger partial charge is 0.0287 e. The Hall–Kier alpha value is -0.930. The summed E-state index contributed by atoms with van der Waals surface area (Å²) in [7, 11) is 0. The van der Waals surface area contributed by atoms with Crippen molar-refractivity contribution in [3.8, 4) is 0 Å². The Morgan fingerprint density at radius 3 is 2.18 bits per heavy atom. The van der Waals surface area contributed by atoms with Crippen LogP contribution in [0.2, 0.25) is 0 Å². The maximum absolute atomic E-state index is 4.08. The van der Waals surface area contributed by atoms with E-state index in [1.807, 2.05) is 12.4 Å². The van der Waals surface area contributed by atoms with Gasteiger partial charge in [0, 0.05) is 43.1 Å². The maximum Gasteiger partial charge on any atom is 0.0287 e. The van der Waals surface area contributed by atoms with Gasteiger partial charge in [-0.1, -0.05) is 0 Å². The summed E-state index contributed by atoms with van der Waals surface area (Å²) in [6.45, 7) is 12.3. The molecule has 0 aliphatic carbocycles. The lowest BCUT2D eigenvalue weighted by Crippen LogP contribution is -2.67. The number of pyridine rings is 1. The number of nitrogens with one attached hydrogen (secondary N) is 1. The van der Waals surface area contributed by atoms with Crippen molar-refractivity contribution in [2.75, 3.05) is 13.1 Å². The second-order valence-corrected chi connectivity index (χ2v) is 6.17. The van der Waals surface area contributed by atoms with Crippen LogP contribution in [-0.2, 0) is 6.54 Å². The molecule has 1 aliphatic heterocycles. The minimum atomic E-state index is 0.186. The van der Waals surface area contributed by atoms with E-state index in [2.05, 4.69) is 55.0 Å². The summed E-state index contributed by atoms with van der Waals surface area (Å²) in [4.78, 5) is 6.67. The van der Waals surface area contributed by atoms with Gasteiger partial charge < -0.3 is 5.32 Å². The standard InChI is InChI=1S/C14H23N3/c1-13(2)10-16-11-14(3,4)17(13)9-12-5-7-15-8-6-12/h5-8,16H,9-11H2,1-4H3. The molecule has 0 amide bonds. The van der Waals surface area contributed by atoms with E-state index in [1.54, 1.807) is 0 Å². The van der Waals surface area contributed by atoms with Crippen molar-refractivity contribution in [2.24, 2.45) is 0 Å². The molecule has 1 aliphatic rings. The molecule has 1 aromatic heterocycles. The van der Waals surface area contributed by atoms with Crippen LogP contribution in [0.15, 0.2) is 24.5 Å². The van der Waals surface area contributed by atoms with E-state index < -0.39 is 0 Å². The molecule has 0 radical (unpaired) electrons. The van der Waals surface area contributed by atoms with Gasteiger partial charge in [0.05, 0.1) is 0 Å². The van der Waals surface area contributed by atoms with Crippen LogP contribution in [0.3, 0.4) is 0 Å². The summed E-state index contributed by atoms with van der Waals surface area (Å²) in [6.07, 6.45) is 3.75. The molecule has 2 rings (SSSR count). The number of nitrogens with zero attached hydrogens (tertiary/aromatic N) is 2. The Kier molecular flexibility index (Phi) is 3.23. The van der Waals surface area contributed by atoms with Crippen molar-refractivity contribution in [1.29, 1.82) is 0 Å². The molecule has 0 unspecified atom stereocenters. The molecule has 3 nitrogen and oxygen atoms in total. The largest absolute Gasteiger partial charge is 0.313 e. The first kappa shape index (κ1) is 12.5. The van der Waals surface area contributed by atoms with Gasteiger partial charge in [0.2, 0.25) is 0 Å². The highest BCUT2D eigenvalue weighted by atomic mass is 15.3. The first-order valence-electron chi connectivity index (χ1n) is 6.29. The third-order valence-corrected chi connectivity index (χ3v) is 3.67. The third-order valence-electron chi connectivity index (χ3n) is 3.67. The molecule has 2 heterocycles. The zero-order valence-corrected chi connectivity index (χ0v) is 11.3. The number of rotatable bonds is 2. The van der Waals surface area contributed by atoms with E-state index in [9.17, 15) is 0 Å². The second-order valence-electron chi connectivity index (χ2n) is 6.17. The fraction of sp³-hybridized carbons (Fsp3) is 0.643. The van der Waals surface area contributed by atoms with Gasteiger partial charge in [-0.25, -0.2) is 0 Å². The van der Waals surface area contributed by atoms with Gasteiger partial charge in [-0.3, -0.25) is 9.88 Å². The van der Waals surface area contributed by atoms with E-state index in [1.165, 1.54) is 5.56 Å². The first-order chi connectivity index (χ1) is 7.92. The van der Waals surface area contributed by atoms with Crippen molar-refractivity contribution in [3.63, 3.8) is 0 Å². The summed E-state index contributed by atoms with van der Waals surface area (Å²) in [5.41, 5.74) is 1.71. The molecule has 17 heavy (non-hydrogen) atoms. The highest BCUT2D eigenvalue weighted by Gasteiger charge is 2.40. The molecule has 0 bridgehead atoms. The van der Waals surface area contributed by atoms with Gasteiger partial charge in [-0.2, -0.15) is 0 Å². The molecule has 1 fully saturated rings. The van der Waals surface area contributed by atoms with Crippen LogP contribution in [0.25, 0.3) is 0 Å². The van der Waals surface area contributed by atoms with Gasteiger partial charge in [0.25, 0.3) is 0 Å². The average Bonchev–Trinajstić information content (AvgIpc) is 2.25. The van der Waals surface area contributed by atoms with Crippen LogP contribution in [0.4, 0.5) is 0 Å². The van der Waals surface area contributed by atoms with E-state index >= 15 is 0 Å².